The van der Waals surface area contributed by atoms with Crippen LogP contribution in [0.4, 0.5) is 0 Å². The summed E-state index contributed by atoms with van der Waals surface area (Å²) in [4.78, 5) is 11.5. The summed E-state index contributed by atoms with van der Waals surface area (Å²) >= 11 is 0. The zero-order valence-corrected chi connectivity index (χ0v) is 17.2. The van der Waals surface area contributed by atoms with Crippen LogP contribution in [0.15, 0.2) is 73.1 Å². The van der Waals surface area contributed by atoms with E-state index in [1.807, 2.05) is 0 Å². The second-order valence-corrected chi connectivity index (χ2v) is 7.79. The van der Waals surface area contributed by atoms with E-state index in [1.54, 1.807) is 74.9 Å². The standard InChI is InChI=1S/C21H21NO6P/c1-16(23)17-12-14-22(15-13-17)29(24,27-20-8-4-18(25-2)5-9-20)28-21-10-6-19(26-3)7-11-21/h4-15H,1-3H3/q+1. The molecule has 0 aliphatic rings. The van der Waals surface area contributed by atoms with Crippen molar-refractivity contribution in [3.8, 4) is 23.0 Å². The number of aromatic nitrogens is 1. The molecule has 0 N–H and O–H groups in total. The van der Waals surface area contributed by atoms with Crippen LogP contribution in [0.1, 0.15) is 17.3 Å². The smallest absolute Gasteiger partial charge is 0.497 e. The fraction of sp³-hybridized carbons (Fsp3) is 0.143. The van der Waals surface area contributed by atoms with E-state index in [4.69, 9.17) is 18.5 Å². The van der Waals surface area contributed by atoms with E-state index < -0.39 is 7.75 Å². The molecule has 8 heteroatoms. The number of carbonyl (C=O) groups excluding carboxylic acids is 1. The Hall–Kier alpha value is -3.31. The average molecular weight is 414 g/mol. The van der Waals surface area contributed by atoms with E-state index in [0.717, 1.165) is 0 Å². The number of methoxy groups -OCH3 is 2. The first-order valence-electron chi connectivity index (χ1n) is 8.74. The molecule has 0 amide bonds. The van der Waals surface area contributed by atoms with Gasteiger partial charge in [-0.3, -0.25) is 4.79 Å². The highest BCUT2D eigenvalue weighted by Crippen LogP contribution is 2.44. The first kappa shape index (κ1) is 20.4. The Balaban J connectivity index is 1.96. The molecule has 3 rings (SSSR count). The van der Waals surface area contributed by atoms with Crippen molar-refractivity contribution in [2.24, 2.45) is 0 Å². The third kappa shape index (κ3) is 4.95. The van der Waals surface area contributed by atoms with Crippen LogP contribution in [0.25, 0.3) is 0 Å². The van der Waals surface area contributed by atoms with Crippen molar-refractivity contribution in [1.82, 2.24) is 0 Å². The van der Waals surface area contributed by atoms with Gasteiger partial charge in [0.2, 0.25) is 0 Å². The zero-order chi connectivity index (χ0) is 20.9. The van der Waals surface area contributed by atoms with Gasteiger partial charge in [-0.15, -0.1) is 0 Å². The third-order valence-corrected chi connectivity index (χ3v) is 5.78. The van der Waals surface area contributed by atoms with Gasteiger partial charge in [-0.05, 0) is 55.5 Å². The highest BCUT2D eigenvalue weighted by molar-refractivity contribution is 7.47. The van der Waals surface area contributed by atoms with Gasteiger partial charge in [0, 0.05) is 17.7 Å². The maximum atomic E-state index is 13.7. The van der Waals surface area contributed by atoms with E-state index in [9.17, 15) is 9.36 Å². The minimum atomic E-state index is -3.89. The van der Waals surface area contributed by atoms with Gasteiger partial charge in [-0.2, -0.15) is 4.57 Å². The molecule has 2 aromatic carbocycles. The summed E-state index contributed by atoms with van der Waals surface area (Å²) in [5.41, 5.74) is 0.488. The number of rotatable bonds is 8. The summed E-state index contributed by atoms with van der Waals surface area (Å²) in [5, 5.41) is 0. The molecule has 0 saturated heterocycles. The minimum absolute atomic E-state index is 0.0980. The van der Waals surface area contributed by atoms with Gasteiger partial charge in [0.1, 0.15) is 23.0 Å². The molecule has 0 spiro atoms. The van der Waals surface area contributed by atoms with Crippen molar-refractivity contribution < 1.29 is 32.2 Å². The lowest BCUT2D eigenvalue weighted by Gasteiger charge is -2.14. The molecule has 0 unspecified atom stereocenters. The molecule has 29 heavy (non-hydrogen) atoms. The fourth-order valence-corrected chi connectivity index (χ4v) is 3.93. The molecule has 0 atom stereocenters. The van der Waals surface area contributed by atoms with Crippen LogP contribution in [-0.4, -0.2) is 20.0 Å². The van der Waals surface area contributed by atoms with Crippen molar-refractivity contribution in [2.75, 3.05) is 14.2 Å². The van der Waals surface area contributed by atoms with E-state index in [2.05, 4.69) is 0 Å². The first-order valence-corrected chi connectivity index (χ1v) is 10.2. The second-order valence-electron chi connectivity index (χ2n) is 6.03. The number of ether oxygens (including phenoxy) is 2. The number of nitrogens with zero attached hydrogens (tertiary/aromatic N) is 1. The van der Waals surface area contributed by atoms with Crippen LogP contribution < -0.4 is 22.9 Å². The number of pyridine rings is 1. The van der Waals surface area contributed by atoms with Crippen molar-refractivity contribution >= 4 is 13.5 Å². The lowest BCUT2D eigenvalue weighted by molar-refractivity contribution is -0.536. The molecule has 7 nitrogen and oxygen atoms in total. The van der Waals surface area contributed by atoms with E-state index in [1.165, 1.54) is 23.7 Å². The van der Waals surface area contributed by atoms with Gasteiger partial charge in [0.05, 0.1) is 14.2 Å². The van der Waals surface area contributed by atoms with Crippen LogP contribution >= 0.6 is 7.75 Å². The number of benzene rings is 2. The summed E-state index contributed by atoms with van der Waals surface area (Å²) in [7, 11) is -0.778. The van der Waals surface area contributed by atoms with Gasteiger partial charge in [-0.25, -0.2) is 0 Å². The largest absolute Gasteiger partial charge is 0.728 e. The molecular weight excluding hydrogens is 393 g/mol. The van der Waals surface area contributed by atoms with Crippen LogP contribution in [-0.2, 0) is 4.57 Å². The van der Waals surface area contributed by atoms with Crippen molar-refractivity contribution in [3.05, 3.63) is 78.6 Å². The van der Waals surface area contributed by atoms with Gasteiger partial charge in [-0.1, -0.05) is 4.34 Å². The predicted molar refractivity (Wildman–Crippen MR) is 107 cm³/mol. The van der Waals surface area contributed by atoms with E-state index in [0.29, 0.717) is 28.6 Å². The molecular formula is C21H21NO6P+. The number of ketones is 1. The Morgan fingerprint density at radius 2 is 1.10 bits per heavy atom. The van der Waals surface area contributed by atoms with Crippen LogP contribution in [0.3, 0.4) is 0 Å². The van der Waals surface area contributed by atoms with Crippen LogP contribution in [0.2, 0.25) is 0 Å². The average Bonchev–Trinajstić information content (AvgIpc) is 2.75. The maximum absolute atomic E-state index is 13.7. The molecule has 3 aromatic rings. The number of hydrogen-bond donors (Lipinski definition) is 0. The Labute approximate surface area is 169 Å². The normalized spacial score (nSPS) is 10.9. The summed E-state index contributed by atoms with van der Waals surface area (Å²) in [5.74, 6) is 1.86. The summed E-state index contributed by atoms with van der Waals surface area (Å²) in [6.07, 6.45) is 2.98. The molecule has 0 fully saturated rings. The summed E-state index contributed by atoms with van der Waals surface area (Å²) in [6.45, 7) is 1.46. The number of Topliss-reactive ketones (excluding diaryl/α,β-unsaturated/α-hetero) is 1. The van der Waals surface area contributed by atoms with Crippen LogP contribution in [0.5, 0.6) is 23.0 Å². The topological polar surface area (TPSA) is 74.9 Å². The summed E-state index contributed by atoms with van der Waals surface area (Å²) in [6, 6.07) is 16.4. The molecule has 1 aromatic heterocycles. The number of hydrogen-bond acceptors (Lipinski definition) is 6. The van der Waals surface area contributed by atoms with Crippen molar-refractivity contribution in [1.29, 1.82) is 0 Å². The predicted octanol–water partition coefficient (Wildman–Crippen LogP) is 4.31. The molecule has 0 bridgehead atoms. The van der Waals surface area contributed by atoms with E-state index >= 15 is 0 Å². The Morgan fingerprint density at radius 1 is 0.724 bits per heavy atom. The Bertz CT molecular complexity index is 963. The maximum Gasteiger partial charge on any atom is 0.728 e. The van der Waals surface area contributed by atoms with Gasteiger partial charge in [0.25, 0.3) is 0 Å². The molecule has 0 saturated carbocycles. The SMILES string of the molecule is COc1ccc(OP(=O)(Oc2ccc(OC)cc2)[n+]2ccc(C(C)=O)cc2)cc1. The lowest BCUT2D eigenvalue weighted by Crippen LogP contribution is -2.35. The Kier molecular flexibility index (Phi) is 6.20. The molecule has 0 radical (unpaired) electrons. The first-order chi connectivity index (χ1) is 13.9. The second kappa shape index (κ2) is 8.80. The number of carbonyl (C=O) groups is 1. The molecule has 0 aliphatic carbocycles. The van der Waals surface area contributed by atoms with E-state index in [-0.39, 0.29) is 5.78 Å². The quantitative estimate of drug-likeness (QED) is 0.404. The molecule has 0 aliphatic heterocycles. The van der Waals surface area contributed by atoms with Crippen molar-refractivity contribution in [3.63, 3.8) is 0 Å². The summed E-state index contributed by atoms with van der Waals surface area (Å²) < 4.78 is 36.8. The molecule has 1 heterocycles. The molecule has 150 valence electrons. The third-order valence-electron chi connectivity index (χ3n) is 4.06. The fourth-order valence-electron chi connectivity index (χ4n) is 2.47. The van der Waals surface area contributed by atoms with Crippen molar-refractivity contribution in [2.45, 2.75) is 6.92 Å². The van der Waals surface area contributed by atoms with Gasteiger partial charge >= 0.3 is 7.75 Å². The van der Waals surface area contributed by atoms with Gasteiger partial charge < -0.3 is 18.5 Å². The highest BCUT2D eigenvalue weighted by atomic mass is 31.2. The zero-order valence-electron chi connectivity index (χ0n) is 16.3. The monoisotopic (exact) mass is 414 g/mol. The Morgan fingerprint density at radius 3 is 1.45 bits per heavy atom. The lowest BCUT2D eigenvalue weighted by atomic mass is 10.2. The highest BCUT2D eigenvalue weighted by Gasteiger charge is 2.42. The van der Waals surface area contributed by atoms with Crippen LogP contribution in [0, 0.1) is 0 Å². The minimum Gasteiger partial charge on any atom is -0.497 e. The van der Waals surface area contributed by atoms with Gasteiger partial charge in [0.15, 0.2) is 18.2 Å².